The molecule has 0 aliphatic heterocycles. The van der Waals surface area contributed by atoms with Gasteiger partial charge in [-0.25, -0.2) is 14.8 Å². The molecule has 0 spiro atoms. The number of nitrogen functional groups attached to an aromatic ring is 1. The zero-order valence-corrected chi connectivity index (χ0v) is 13.9. The van der Waals surface area contributed by atoms with Gasteiger partial charge in [-0.15, -0.1) is 0 Å². The lowest BCUT2D eigenvalue weighted by molar-refractivity contribution is 0.0696. The van der Waals surface area contributed by atoms with Gasteiger partial charge in [-0.2, -0.15) is 0 Å². The highest BCUT2D eigenvalue weighted by atomic mass is 16.4. The molecule has 1 amide bonds. The third-order valence-electron chi connectivity index (χ3n) is 3.75. The highest BCUT2D eigenvalue weighted by Crippen LogP contribution is 2.20. The summed E-state index contributed by atoms with van der Waals surface area (Å²) in [6, 6.07) is 13.5. The van der Waals surface area contributed by atoms with Crippen molar-refractivity contribution in [2.75, 3.05) is 11.1 Å². The lowest BCUT2D eigenvalue weighted by Gasteiger charge is -2.09. The first-order valence-corrected chi connectivity index (χ1v) is 7.78. The van der Waals surface area contributed by atoms with Crippen LogP contribution in [0.5, 0.6) is 0 Å². The van der Waals surface area contributed by atoms with Gasteiger partial charge in [0.15, 0.2) is 11.5 Å². The molecule has 3 rings (SSSR count). The molecule has 0 saturated heterocycles. The van der Waals surface area contributed by atoms with Gasteiger partial charge in [0.05, 0.1) is 17.5 Å². The van der Waals surface area contributed by atoms with Gasteiger partial charge in [-0.3, -0.25) is 4.79 Å². The number of aryl methyl sites for hydroxylation is 1. The van der Waals surface area contributed by atoms with Crippen LogP contribution in [-0.4, -0.2) is 27.0 Å². The Morgan fingerprint density at radius 2 is 1.69 bits per heavy atom. The number of aromatic nitrogens is 2. The number of rotatable bonds is 4. The Balaban J connectivity index is 1.85. The normalized spacial score (nSPS) is 10.3. The summed E-state index contributed by atoms with van der Waals surface area (Å²) in [7, 11) is 0. The van der Waals surface area contributed by atoms with E-state index in [-0.39, 0.29) is 17.1 Å². The average molecular weight is 348 g/mol. The number of carbonyl (C=O) groups excluding carboxylic acids is 1. The lowest BCUT2D eigenvalue weighted by atomic mass is 10.1. The van der Waals surface area contributed by atoms with Gasteiger partial charge >= 0.3 is 5.97 Å². The van der Waals surface area contributed by atoms with Crippen LogP contribution in [0.15, 0.2) is 54.7 Å². The van der Waals surface area contributed by atoms with Crippen molar-refractivity contribution in [1.29, 1.82) is 0 Å². The molecule has 4 N–H and O–H groups in total. The number of benzene rings is 2. The number of hydrogen-bond acceptors (Lipinski definition) is 5. The minimum absolute atomic E-state index is 0.00499. The number of carbonyl (C=O) groups is 2. The summed E-state index contributed by atoms with van der Waals surface area (Å²) in [6.07, 6.45) is 1.51. The predicted molar refractivity (Wildman–Crippen MR) is 98.0 cm³/mol. The van der Waals surface area contributed by atoms with E-state index in [2.05, 4.69) is 15.3 Å². The third-order valence-corrected chi connectivity index (χ3v) is 3.75. The summed E-state index contributed by atoms with van der Waals surface area (Å²) in [5.74, 6) is -1.55. The Morgan fingerprint density at radius 3 is 2.31 bits per heavy atom. The summed E-state index contributed by atoms with van der Waals surface area (Å²) in [5, 5.41) is 11.5. The number of amides is 1. The first kappa shape index (κ1) is 17.1. The van der Waals surface area contributed by atoms with E-state index >= 15 is 0 Å². The highest BCUT2D eigenvalue weighted by molar-refractivity contribution is 6.06. The van der Waals surface area contributed by atoms with Gasteiger partial charge in [0.1, 0.15) is 0 Å². The quantitative estimate of drug-likeness (QED) is 0.667. The van der Waals surface area contributed by atoms with Crippen molar-refractivity contribution in [3.05, 3.63) is 71.5 Å². The maximum absolute atomic E-state index is 12.5. The molecule has 1 heterocycles. The molecular weight excluding hydrogens is 332 g/mol. The molecule has 7 nitrogen and oxygen atoms in total. The fraction of sp³-hybridized carbons (Fsp3) is 0.0526. The molecule has 0 atom stereocenters. The molecule has 130 valence electrons. The van der Waals surface area contributed by atoms with Crippen LogP contribution in [0, 0.1) is 6.92 Å². The van der Waals surface area contributed by atoms with Crippen molar-refractivity contribution in [1.82, 2.24) is 9.97 Å². The molecule has 1 aromatic heterocycles. The Labute approximate surface area is 149 Å². The van der Waals surface area contributed by atoms with Gasteiger partial charge in [0.2, 0.25) is 0 Å². The molecule has 0 fully saturated rings. The highest BCUT2D eigenvalue weighted by Gasteiger charge is 2.15. The Morgan fingerprint density at radius 1 is 1.04 bits per heavy atom. The maximum atomic E-state index is 12.5. The van der Waals surface area contributed by atoms with E-state index in [4.69, 9.17) is 10.8 Å². The van der Waals surface area contributed by atoms with Gasteiger partial charge in [-0.1, -0.05) is 29.8 Å². The van der Waals surface area contributed by atoms with Gasteiger partial charge in [0, 0.05) is 11.3 Å². The van der Waals surface area contributed by atoms with E-state index in [1.165, 1.54) is 30.5 Å². The molecule has 0 unspecified atom stereocenters. The number of hydrogen-bond donors (Lipinski definition) is 3. The van der Waals surface area contributed by atoms with Crippen molar-refractivity contribution in [3.8, 4) is 11.3 Å². The number of nitrogens with two attached hydrogens (primary N) is 1. The number of anilines is 2. The fourth-order valence-corrected chi connectivity index (χ4v) is 2.32. The van der Waals surface area contributed by atoms with Crippen molar-refractivity contribution >= 4 is 23.4 Å². The topological polar surface area (TPSA) is 118 Å². The van der Waals surface area contributed by atoms with Crippen molar-refractivity contribution in [2.24, 2.45) is 0 Å². The van der Waals surface area contributed by atoms with Gasteiger partial charge in [-0.05, 0) is 31.2 Å². The predicted octanol–water partition coefficient (Wildman–Crippen LogP) is 2.98. The largest absolute Gasteiger partial charge is 0.478 e. The van der Waals surface area contributed by atoms with Crippen LogP contribution in [0.1, 0.15) is 26.4 Å². The summed E-state index contributed by atoms with van der Waals surface area (Å²) in [6.45, 7) is 1.98. The molecule has 0 aliphatic rings. The summed E-state index contributed by atoms with van der Waals surface area (Å²) in [5.41, 5.74) is 8.83. The maximum Gasteiger partial charge on any atom is 0.335 e. The number of nitrogens with zero attached hydrogens (tertiary/aromatic N) is 2. The van der Waals surface area contributed by atoms with Crippen LogP contribution in [0.25, 0.3) is 11.3 Å². The van der Waals surface area contributed by atoms with Crippen molar-refractivity contribution in [2.45, 2.75) is 6.92 Å². The van der Waals surface area contributed by atoms with E-state index in [1.54, 1.807) is 0 Å². The zero-order chi connectivity index (χ0) is 18.7. The molecule has 3 aromatic rings. The Hall–Kier alpha value is -3.74. The third kappa shape index (κ3) is 3.67. The molecule has 26 heavy (non-hydrogen) atoms. The fourth-order valence-electron chi connectivity index (χ4n) is 2.32. The molecule has 0 aliphatic carbocycles. The van der Waals surface area contributed by atoms with E-state index in [9.17, 15) is 9.59 Å². The van der Waals surface area contributed by atoms with Gasteiger partial charge in [0.25, 0.3) is 5.91 Å². The number of aromatic carboxylic acids is 1. The second kappa shape index (κ2) is 7.02. The zero-order valence-electron chi connectivity index (χ0n) is 13.9. The Bertz CT molecular complexity index is 967. The number of carboxylic acid groups (broad SMARTS) is 1. The van der Waals surface area contributed by atoms with Crippen LogP contribution in [0.2, 0.25) is 0 Å². The second-order valence-corrected chi connectivity index (χ2v) is 5.69. The van der Waals surface area contributed by atoms with Crippen LogP contribution < -0.4 is 11.1 Å². The second-order valence-electron chi connectivity index (χ2n) is 5.69. The summed E-state index contributed by atoms with van der Waals surface area (Å²) in [4.78, 5) is 31.7. The Kier molecular flexibility index (Phi) is 4.62. The van der Waals surface area contributed by atoms with E-state index in [0.29, 0.717) is 11.4 Å². The van der Waals surface area contributed by atoms with Crippen LogP contribution in [0.4, 0.5) is 11.5 Å². The standard InChI is InChI=1S/C19H16N4O3/c1-11-2-4-12(5-3-11)15-10-21-17(20)16(23-15)18(24)22-14-8-6-13(7-9-14)19(25)26/h2-10H,1H3,(H2,20,21)(H,22,24)(H,25,26). The smallest absolute Gasteiger partial charge is 0.335 e. The minimum Gasteiger partial charge on any atom is -0.478 e. The first-order valence-electron chi connectivity index (χ1n) is 7.78. The lowest BCUT2D eigenvalue weighted by Crippen LogP contribution is -2.17. The van der Waals surface area contributed by atoms with E-state index in [0.717, 1.165) is 11.1 Å². The molecule has 0 radical (unpaired) electrons. The summed E-state index contributed by atoms with van der Waals surface area (Å²) >= 11 is 0. The van der Waals surface area contributed by atoms with Crippen LogP contribution in [0.3, 0.4) is 0 Å². The average Bonchev–Trinajstić information content (AvgIpc) is 2.63. The van der Waals surface area contributed by atoms with E-state index < -0.39 is 11.9 Å². The van der Waals surface area contributed by atoms with Crippen molar-refractivity contribution < 1.29 is 14.7 Å². The monoisotopic (exact) mass is 348 g/mol. The van der Waals surface area contributed by atoms with E-state index in [1.807, 2.05) is 31.2 Å². The number of nitrogens with one attached hydrogen (secondary N) is 1. The van der Waals surface area contributed by atoms with Crippen molar-refractivity contribution in [3.63, 3.8) is 0 Å². The molecule has 7 heteroatoms. The van der Waals surface area contributed by atoms with Crippen LogP contribution in [-0.2, 0) is 0 Å². The molecule has 2 aromatic carbocycles. The van der Waals surface area contributed by atoms with Gasteiger partial charge < -0.3 is 16.2 Å². The van der Waals surface area contributed by atoms with Crippen LogP contribution >= 0.6 is 0 Å². The molecular formula is C19H16N4O3. The number of carboxylic acids is 1. The first-order chi connectivity index (χ1) is 12.4. The molecule has 0 bridgehead atoms. The minimum atomic E-state index is -1.04. The SMILES string of the molecule is Cc1ccc(-c2cnc(N)c(C(=O)Nc3ccc(C(=O)O)cc3)n2)cc1. The molecule has 0 saturated carbocycles. The summed E-state index contributed by atoms with van der Waals surface area (Å²) < 4.78 is 0.